The van der Waals surface area contributed by atoms with Gasteiger partial charge in [0.25, 0.3) is 0 Å². The Bertz CT molecular complexity index is 1350. The average Bonchev–Trinajstić information content (AvgIpc) is 3.51. The zero-order valence-electron chi connectivity index (χ0n) is 18.9. The van der Waals surface area contributed by atoms with Crippen LogP contribution in [0.25, 0.3) is 0 Å². The van der Waals surface area contributed by atoms with Crippen molar-refractivity contribution in [3.63, 3.8) is 0 Å². The SMILES string of the molecule is O=C/C=C/C=C1\C=C[C@@H]2C[C@H]1[C@@H]1[C@H]2[C@]2(c3ccccc3)O[C@@]1(c1ccccc1)c1ccccc12. The summed E-state index contributed by atoms with van der Waals surface area (Å²) in [5.41, 5.74) is 5.44. The molecule has 0 amide bonds. The first-order chi connectivity index (χ1) is 16.8. The Balaban J connectivity index is 1.53. The van der Waals surface area contributed by atoms with Crippen molar-refractivity contribution >= 4 is 6.29 Å². The lowest BCUT2D eigenvalue weighted by atomic mass is 9.59. The van der Waals surface area contributed by atoms with Gasteiger partial charge in [0.2, 0.25) is 0 Å². The minimum Gasteiger partial charge on any atom is -0.349 e. The summed E-state index contributed by atoms with van der Waals surface area (Å²) in [6, 6.07) is 30.6. The molecular weight excluding hydrogens is 416 g/mol. The topological polar surface area (TPSA) is 26.3 Å². The molecule has 2 fully saturated rings. The fourth-order valence-electron chi connectivity index (χ4n) is 7.66. The van der Waals surface area contributed by atoms with Gasteiger partial charge in [0.1, 0.15) is 17.5 Å². The third kappa shape index (κ3) is 2.37. The molecule has 0 N–H and O–H groups in total. The monoisotopic (exact) mass is 442 g/mol. The molecule has 6 atom stereocenters. The van der Waals surface area contributed by atoms with Crippen LogP contribution in [0, 0.1) is 23.7 Å². The van der Waals surface area contributed by atoms with Crippen LogP contribution in [0.5, 0.6) is 0 Å². The molecule has 1 saturated heterocycles. The van der Waals surface area contributed by atoms with Gasteiger partial charge in [-0.15, -0.1) is 0 Å². The summed E-state index contributed by atoms with van der Waals surface area (Å²) in [6.45, 7) is 0. The molecule has 4 bridgehead atoms. The van der Waals surface area contributed by atoms with Crippen LogP contribution in [-0.4, -0.2) is 6.29 Å². The van der Waals surface area contributed by atoms with Crippen molar-refractivity contribution < 1.29 is 9.53 Å². The Kier molecular flexibility index (Phi) is 4.25. The van der Waals surface area contributed by atoms with Crippen LogP contribution in [0.4, 0.5) is 0 Å². The van der Waals surface area contributed by atoms with Gasteiger partial charge in [-0.1, -0.05) is 109 Å². The minimum atomic E-state index is -0.503. The molecule has 2 heterocycles. The summed E-state index contributed by atoms with van der Waals surface area (Å²) in [5.74, 6) is 1.46. The predicted molar refractivity (Wildman–Crippen MR) is 133 cm³/mol. The number of allylic oxidation sites excluding steroid dienone is 6. The Labute approximate surface area is 200 Å². The van der Waals surface area contributed by atoms with E-state index in [0.717, 1.165) is 12.7 Å². The van der Waals surface area contributed by atoms with Crippen LogP contribution in [-0.2, 0) is 20.7 Å². The number of carbonyl (C=O) groups is 1. The summed E-state index contributed by atoms with van der Waals surface area (Å²) in [5, 5.41) is 0. The van der Waals surface area contributed by atoms with Crippen LogP contribution in [0.3, 0.4) is 0 Å². The van der Waals surface area contributed by atoms with Crippen molar-refractivity contribution in [3.8, 4) is 0 Å². The van der Waals surface area contributed by atoms with E-state index < -0.39 is 11.2 Å². The summed E-state index contributed by atoms with van der Waals surface area (Å²) >= 11 is 0. The number of fused-ring (bicyclic) bond motifs is 12. The van der Waals surface area contributed by atoms with Gasteiger partial charge in [-0.2, -0.15) is 0 Å². The molecule has 3 aromatic carbocycles. The molecule has 166 valence electrons. The van der Waals surface area contributed by atoms with E-state index in [0.29, 0.717) is 23.7 Å². The largest absolute Gasteiger partial charge is 0.349 e. The molecule has 0 spiro atoms. The molecule has 0 unspecified atom stereocenters. The van der Waals surface area contributed by atoms with E-state index in [-0.39, 0.29) is 0 Å². The molecule has 3 aromatic rings. The van der Waals surface area contributed by atoms with E-state index in [1.54, 1.807) is 6.08 Å². The Morgan fingerprint density at radius 1 is 0.735 bits per heavy atom. The van der Waals surface area contributed by atoms with Gasteiger partial charge in [-0.3, -0.25) is 4.79 Å². The van der Waals surface area contributed by atoms with Crippen LogP contribution < -0.4 is 0 Å². The van der Waals surface area contributed by atoms with Crippen molar-refractivity contribution in [3.05, 3.63) is 143 Å². The molecule has 4 aliphatic rings. The lowest BCUT2D eigenvalue weighted by Gasteiger charge is -2.40. The summed E-state index contributed by atoms with van der Waals surface area (Å²) in [7, 11) is 0. The highest BCUT2D eigenvalue weighted by molar-refractivity contribution is 5.65. The number of rotatable bonds is 4. The molecule has 2 aliphatic heterocycles. The molecular formula is C32H26O2. The molecule has 1 saturated carbocycles. The van der Waals surface area contributed by atoms with Gasteiger partial charge in [0, 0.05) is 11.8 Å². The highest BCUT2D eigenvalue weighted by Crippen LogP contribution is 2.76. The normalized spacial score (nSPS) is 35.6. The first-order valence-corrected chi connectivity index (χ1v) is 12.2. The second kappa shape index (κ2) is 7.25. The number of hydrogen-bond acceptors (Lipinski definition) is 2. The number of aldehydes is 1. The zero-order chi connectivity index (χ0) is 22.8. The standard InChI is InChI=1S/C32H26O2/c33-20-10-9-11-22-18-19-23-21-26(22)30-29(23)31(24-12-3-1-4-13-24)27-16-7-8-17-28(27)32(30,34-31)25-14-5-2-6-15-25/h1-20,23,26,29-30H,21H2/b10-9+,22-11+/t23-,26-,29+,30-,31-,32+/m1/s1. The summed E-state index contributed by atoms with van der Waals surface area (Å²) in [6.07, 6.45) is 12.2. The Hall–Kier alpha value is -3.49. The van der Waals surface area contributed by atoms with Crippen LogP contribution in [0.15, 0.2) is 121 Å². The van der Waals surface area contributed by atoms with E-state index in [1.165, 1.54) is 27.8 Å². The van der Waals surface area contributed by atoms with Gasteiger partial charge in [-0.25, -0.2) is 0 Å². The first-order valence-electron chi connectivity index (χ1n) is 12.2. The minimum absolute atomic E-state index is 0.306. The smallest absolute Gasteiger partial charge is 0.142 e. The third-order valence-electron chi connectivity index (χ3n) is 8.64. The van der Waals surface area contributed by atoms with Crippen molar-refractivity contribution in [1.82, 2.24) is 0 Å². The van der Waals surface area contributed by atoms with Gasteiger partial charge >= 0.3 is 0 Å². The van der Waals surface area contributed by atoms with Crippen molar-refractivity contribution in [2.24, 2.45) is 23.7 Å². The van der Waals surface area contributed by atoms with Crippen LogP contribution in [0.2, 0.25) is 0 Å². The van der Waals surface area contributed by atoms with Crippen LogP contribution >= 0.6 is 0 Å². The van der Waals surface area contributed by atoms with Crippen molar-refractivity contribution in [1.29, 1.82) is 0 Å². The fraction of sp³-hybridized carbons (Fsp3) is 0.219. The van der Waals surface area contributed by atoms with Crippen molar-refractivity contribution in [2.75, 3.05) is 0 Å². The van der Waals surface area contributed by atoms with E-state index in [4.69, 9.17) is 4.74 Å². The molecule has 0 radical (unpaired) electrons. The van der Waals surface area contributed by atoms with E-state index in [2.05, 4.69) is 103 Å². The van der Waals surface area contributed by atoms with E-state index >= 15 is 0 Å². The molecule has 0 aromatic heterocycles. The third-order valence-corrected chi connectivity index (χ3v) is 8.64. The quantitative estimate of drug-likeness (QED) is 0.348. The molecule has 34 heavy (non-hydrogen) atoms. The first kappa shape index (κ1) is 19.9. The summed E-state index contributed by atoms with van der Waals surface area (Å²) < 4.78 is 7.53. The highest BCUT2D eigenvalue weighted by Gasteiger charge is 2.75. The maximum atomic E-state index is 10.9. The second-order valence-electron chi connectivity index (χ2n) is 9.96. The molecule has 2 heteroatoms. The number of benzene rings is 3. The molecule has 2 aliphatic carbocycles. The second-order valence-corrected chi connectivity index (χ2v) is 9.96. The predicted octanol–water partition coefficient (Wildman–Crippen LogP) is 6.34. The molecule has 2 nitrogen and oxygen atoms in total. The maximum Gasteiger partial charge on any atom is 0.142 e. The number of carbonyl (C=O) groups excluding carboxylic acids is 1. The summed E-state index contributed by atoms with van der Waals surface area (Å²) in [4.78, 5) is 10.9. The average molecular weight is 443 g/mol. The highest BCUT2D eigenvalue weighted by atomic mass is 16.5. The Morgan fingerprint density at radius 3 is 1.94 bits per heavy atom. The van der Waals surface area contributed by atoms with Gasteiger partial charge in [-0.05, 0) is 52.2 Å². The lowest BCUT2D eigenvalue weighted by molar-refractivity contribution is -0.104. The molecule has 7 rings (SSSR count). The van der Waals surface area contributed by atoms with E-state index in [1.807, 2.05) is 6.08 Å². The zero-order valence-corrected chi connectivity index (χ0v) is 18.9. The van der Waals surface area contributed by atoms with Gasteiger partial charge in [0.15, 0.2) is 0 Å². The van der Waals surface area contributed by atoms with Gasteiger partial charge < -0.3 is 4.74 Å². The Morgan fingerprint density at radius 2 is 1.32 bits per heavy atom. The number of hydrogen-bond donors (Lipinski definition) is 0. The number of ether oxygens (including phenoxy) is 1. The van der Waals surface area contributed by atoms with Crippen molar-refractivity contribution in [2.45, 2.75) is 17.6 Å². The maximum absolute atomic E-state index is 10.9. The lowest BCUT2D eigenvalue weighted by Crippen LogP contribution is -2.41. The van der Waals surface area contributed by atoms with E-state index in [9.17, 15) is 4.79 Å². The van der Waals surface area contributed by atoms with Gasteiger partial charge in [0.05, 0.1) is 0 Å². The fourth-order valence-corrected chi connectivity index (χ4v) is 7.66. The van der Waals surface area contributed by atoms with Crippen LogP contribution in [0.1, 0.15) is 28.7 Å².